The average Bonchev–Trinajstić information content (AvgIpc) is 3.19. The molecule has 0 radical (unpaired) electrons. The fourth-order valence-corrected chi connectivity index (χ4v) is 3.76. The van der Waals surface area contributed by atoms with Gasteiger partial charge in [-0.3, -0.25) is 9.59 Å². The van der Waals surface area contributed by atoms with Crippen LogP contribution in [0, 0.1) is 13.8 Å². The maximum Gasteiger partial charge on any atom is 0.254 e. The Morgan fingerprint density at radius 3 is 2.38 bits per heavy atom. The molecule has 0 atom stereocenters. The van der Waals surface area contributed by atoms with Crippen molar-refractivity contribution in [1.82, 2.24) is 14.7 Å². The van der Waals surface area contributed by atoms with Crippen molar-refractivity contribution >= 4 is 29.2 Å². The van der Waals surface area contributed by atoms with E-state index in [-0.39, 0.29) is 23.8 Å². The minimum absolute atomic E-state index is 0.0574. The van der Waals surface area contributed by atoms with E-state index in [0.717, 1.165) is 28.9 Å². The van der Waals surface area contributed by atoms with Gasteiger partial charge in [-0.05, 0) is 61.7 Å². The van der Waals surface area contributed by atoms with Gasteiger partial charge in [0.2, 0.25) is 5.91 Å². The zero-order valence-electron chi connectivity index (χ0n) is 20.8. The van der Waals surface area contributed by atoms with Crippen molar-refractivity contribution in [3.63, 3.8) is 0 Å². The molecular formula is C27H33ClN4O2. The Morgan fingerprint density at radius 1 is 1.09 bits per heavy atom. The lowest BCUT2D eigenvalue weighted by molar-refractivity contribution is -0.116. The maximum absolute atomic E-state index is 13.1. The largest absolute Gasteiger partial charge is 0.329 e. The summed E-state index contributed by atoms with van der Waals surface area (Å²) in [6.45, 7) is 12.7. The summed E-state index contributed by atoms with van der Waals surface area (Å²) in [6.07, 6.45) is 0.737. The topological polar surface area (TPSA) is 67.2 Å². The number of nitrogens with one attached hydrogen (secondary N) is 1. The van der Waals surface area contributed by atoms with Crippen molar-refractivity contribution in [3.05, 3.63) is 75.9 Å². The van der Waals surface area contributed by atoms with Gasteiger partial charge < -0.3 is 10.2 Å². The second-order valence-electron chi connectivity index (χ2n) is 9.58. The third kappa shape index (κ3) is 5.86. The quantitative estimate of drug-likeness (QED) is 0.455. The summed E-state index contributed by atoms with van der Waals surface area (Å²) in [5, 5.41) is 8.38. The molecule has 1 heterocycles. The van der Waals surface area contributed by atoms with Crippen LogP contribution in [0.15, 0.2) is 48.5 Å². The van der Waals surface area contributed by atoms with E-state index >= 15 is 0 Å². The molecule has 0 saturated heterocycles. The van der Waals surface area contributed by atoms with Crippen LogP contribution in [0.1, 0.15) is 61.3 Å². The highest BCUT2D eigenvalue weighted by molar-refractivity contribution is 6.30. The van der Waals surface area contributed by atoms with Gasteiger partial charge in [-0.15, -0.1) is 0 Å². The number of hydrogen-bond acceptors (Lipinski definition) is 3. The number of amides is 2. The number of aromatic nitrogens is 2. The third-order valence-electron chi connectivity index (χ3n) is 5.76. The van der Waals surface area contributed by atoms with Crippen LogP contribution in [0.3, 0.4) is 0 Å². The van der Waals surface area contributed by atoms with Crippen LogP contribution in [0.4, 0.5) is 5.82 Å². The zero-order valence-corrected chi connectivity index (χ0v) is 21.5. The minimum Gasteiger partial charge on any atom is -0.329 e. The first-order chi connectivity index (χ1) is 16.0. The van der Waals surface area contributed by atoms with Crippen molar-refractivity contribution in [2.24, 2.45) is 0 Å². The summed E-state index contributed by atoms with van der Waals surface area (Å²) in [6, 6.07) is 14.6. The lowest BCUT2D eigenvalue weighted by atomic mass is 9.92. The first-order valence-corrected chi connectivity index (χ1v) is 11.9. The molecule has 7 heteroatoms. The summed E-state index contributed by atoms with van der Waals surface area (Å²) in [5.41, 5.74) is 4.32. The Bertz CT molecular complexity index is 1180. The molecule has 1 aromatic heterocycles. The van der Waals surface area contributed by atoms with Crippen LogP contribution < -0.4 is 5.32 Å². The number of rotatable bonds is 7. The summed E-state index contributed by atoms with van der Waals surface area (Å²) < 4.78 is 1.78. The van der Waals surface area contributed by atoms with E-state index in [4.69, 9.17) is 16.7 Å². The molecule has 0 spiro atoms. The van der Waals surface area contributed by atoms with E-state index in [1.54, 1.807) is 33.8 Å². The van der Waals surface area contributed by atoms with Gasteiger partial charge in [0.25, 0.3) is 5.91 Å². The lowest BCUT2D eigenvalue weighted by Crippen LogP contribution is -2.38. The molecule has 6 nitrogen and oxygen atoms in total. The Labute approximate surface area is 206 Å². The molecule has 180 valence electrons. The summed E-state index contributed by atoms with van der Waals surface area (Å²) in [5.74, 6) is 0.105. The fourth-order valence-electron chi connectivity index (χ4n) is 3.64. The molecule has 3 rings (SSSR count). The highest BCUT2D eigenvalue weighted by atomic mass is 35.5. The molecule has 34 heavy (non-hydrogen) atoms. The molecule has 0 saturated carbocycles. The molecule has 2 amide bonds. The molecule has 0 aliphatic heterocycles. The number of hydrogen-bond donors (Lipinski definition) is 1. The summed E-state index contributed by atoms with van der Waals surface area (Å²) >= 11 is 5.95. The van der Waals surface area contributed by atoms with Gasteiger partial charge in [0, 0.05) is 28.6 Å². The van der Waals surface area contributed by atoms with Crippen molar-refractivity contribution in [3.8, 4) is 5.69 Å². The van der Waals surface area contributed by atoms with Crippen molar-refractivity contribution in [2.75, 3.05) is 18.4 Å². The zero-order chi connectivity index (χ0) is 25.0. The number of nitrogens with zero attached hydrogens (tertiary/aromatic N) is 3. The van der Waals surface area contributed by atoms with Gasteiger partial charge in [-0.2, -0.15) is 5.10 Å². The van der Waals surface area contributed by atoms with Gasteiger partial charge in [0.05, 0.1) is 11.4 Å². The summed E-state index contributed by atoms with van der Waals surface area (Å²) in [4.78, 5) is 27.7. The second kappa shape index (κ2) is 10.4. The Hall–Kier alpha value is -3.12. The smallest absolute Gasteiger partial charge is 0.254 e. The van der Waals surface area contributed by atoms with Gasteiger partial charge >= 0.3 is 0 Å². The molecule has 0 unspecified atom stereocenters. The van der Waals surface area contributed by atoms with Crippen LogP contribution in [0.25, 0.3) is 5.69 Å². The van der Waals surface area contributed by atoms with Gasteiger partial charge in [-0.25, -0.2) is 4.68 Å². The van der Waals surface area contributed by atoms with Gasteiger partial charge in [0.1, 0.15) is 12.4 Å². The predicted octanol–water partition coefficient (Wildman–Crippen LogP) is 5.93. The Balaban J connectivity index is 1.89. The van der Waals surface area contributed by atoms with E-state index in [0.29, 0.717) is 22.9 Å². The van der Waals surface area contributed by atoms with Crippen LogP contribution in [-0.2, 0) is 10.2 Å². The SMILES string of the molecule is CCCN(CC(=O)Nc1cc(C(C)(C)C)nn1-c1cccc(C)c1C)C(=O)c1ccc(Cl)cc1. The number of aryl methyl sites for hydroxylation is 1. The molecule has 0 fully saturated rings. The van der Waals surface area contributed by atoms with E-state index in [2.05, 4.69) is 39.1 Å². The first-order valence-electron chi connectivity index (χ1n) is 11.5. The number of halogens is 1. The number of carbonyl (C=O) groups excluding carboxylic acids is 2. The molecule has 0 aliphatic carbocycles. The molecule has 0 aliphatic rings. The number of carbonyl (C=O) groups is 2. The predicted molar refractivity (Wildman–Crippen MR) is 138 cm³/mol. The highest BCUT2D eigenvalue weighted by Gasteiger charge is 2.24. The minimum atomic E-state index is -0.275. The molecule has 0 bridgehead atoms. The van der Waals surface area contributed by atoms with Crippen molar-refractivity contribution in [2.45, 2.75) is 53.4 Å². The van der Waals surface area contributed by atoms with Crippen LogP contribution >= 0.6 is 11.6 Å². The standard InChI is InChI=1S/C27H33ClN4O2/c1-7-15-31(26(34)20-11-13-21(28)14-12-20)17-25(33)29-24-16-23(27(4,5)6)30-32(24)22-10-8-9-18(2)19(22)3/h8-14,16H,7,15,17H2,1-6H3,(H,29,33). The Morgan fingerprint density at radius 2 is 1.76 bits per heavy atom. The van der Waals surface area contributed by atoms with Crippen LogP contribution in [0.5, 0.6) is 0 Å². The number of anilines is 1. The summed E-state index contributed by atoms with van der Waals surface area (Å²) in [7, 11) is 0. The van der Waals surface area contributed by atoms with Gasteiger partial charge in [-0.1, -0.05) is 51.4 Å². The van der Waals surface area contributed by atoms with Crippen molar-refractivity contribution in [1.29, 1.82) is 0 Å². The van der Waals surface area contributed by atoms with Crippen LogP contribution in [-0.4, -0.2) is 39.6 Å². The van der Waals surface area contributed by atoms with Crippen LogP contribution in [0.2, 0.25) is 5.02 Å². The maximum atomic E-state index is 13.1. The van der Waals surface area contributed by atoms with E-state index < -0.39 is 0 Å². The van der Waals surface area contributed by atoms with E-state index in [9.17, 15) is 9.59 Å². The van der Waals surface area contributed by atoms with Crippen molar-refractivity contribution < 1.29 is 9.59 Å². The number of benzene rings is 2. The lowest BCUT2D eigenvalue weighted by Gasteiger charge is -2.22. The molecule has 3 aromatic rings. The normalized spacial score (nSPS) is 11.4. The monoisotopic (exact) mass is 480 g/mol. The third-order valence-corrected chi connectivity index (χ3v) is 6.01. The molecular weight excluding hydrogens is 448 g/mol. The molecule has 1 N–H and O–H groups in total. The highest BCUT2D eigenvalue weighted by Crippen LogP contribution is 2.28. The Kier molecular flexibility index (Phi) is 7.82. The average molecular weight is 481 g/mol. The first kappa shape index (κ1) is 25.5. The second-order valence-corrected chi connectivity index (χ2v) is 10.0. The molecule has 2 aromatic carbocycles. The van der Waals surface area contributed by atoms with Gasteiger partial charge in [0.15, 0.2) is 0 Å². The van der Waals surface area contributed by atoms with E-state index in [1.807, 2.05) is 32.0 Å². The van der Waals surface area contributed by atoms with E-state index in [1.165, 1.54) is 0 Å². The fraction of sp³-hybridized carbons (Fsp3) is 0.370.